The lowest BCUT2D eigenvalue weighted by Gasteiger charge is -2.25. The monoisotopic (exact) mass is 316 g/mol. The zero-order chi connectivity index (χ0) is 13.1. The molecule has 0 fully saturated rings. The van der Waals surface area contributed by atoms with Crippen molar-refractivity contribution in [3.63, 3.8) is 0 Å². The molecule has 0 bridgehead atoms. The molecule has 0 aromatic carbocycles. The minimum absolute atomic E-state index is 0.352. The maximum atomic E-state index is 11.8. The number of amides is 2. The molecule has 1 rings (SSSR count). The zero-order valence-corrected chi connectivity index (χ0v) is 11.7. The predicted molar refractivity (Wildman–Crippen MR) is 70.6 cm³/mol. The summed E-state index contributed by atoms with van der Waals surface area (Å²) < 4.78 is 0.795. The third-order valence-electron chi connectivity index (χ3n) is 2.40. The predicted octanol–water partition coefficient (Wildman–Crippen LogP) is 2.15. The Morgan fingerprint density at radius 3 is 2.24 bits per heavy atom. The fraction of sp³-hybridized carbons (Fsp3) is 0.556. The van der Waals surface area contributed by atoms with Gasteiger partial charge in [0.1, 0.15) is 0 Å². The molecule has 0 saturated carbocycles. The lowest BCUT2D eigenvalue weighted by Crippen LogP contribution is -2.39. The number of carbonyl (C=O) groups is 2. The zero-order valence-electron chi connectivity index (χ0n) is 8.66. The molecule has 0 aromatic heterocycles. The molecule has 2 amide bonds. The molecule has 17 heavy (non-hydrogen) atoms. The number of hydrogen-bond acceptors (Lipinski definition) is 3. The Kier molecular flexibility index (Phi) is 5.44. The van der Waals surface area contributed by atoms with Crippen LogP contribution in [0.5, 0.6) is 0 Å². The number of carbonyl (C=O) groups excluding carboxylic acids is 2. The topological polar surface area (TPSA) is 72.2 Å². The van der Waals surface area contributed by atoms with Gasteiger partial charge in [-0.1, -0.05) is 47.0 Å². The normalized spacial score (nSPS) is 24.4. The van der Waals surface area contributed by atoms with Crippen molar-refractivity contribution < 1.29 is 9.59 Å². The summed E-state index contributed by atoms with van der Waals surface area (Å²) >= 11 is 17.1. The number of halogens is 3. The Balaban J connectivity index is 2.60. The summed E-state index contributed by atoms with van der Waals surface area (Å²) in [7, 11) is 0. The van der Waals surface area contributed by atoms with E-state index >= 15 is 0 Å². The van der Waals surface area contributed by atoms with Crippen LogP contribution in [0.15, 0.2) is 12.2 Å². The van der Waals surface area contributed by atoms with Crippen molar-refractivity contribution in [1.82, 2.24) is 4.72 Å². The van der Waals surface area contributed by atoms with Crippen molar-refractivity contribution in [2.45, 2.75) is 16.0 Å². The molecule has 1 aliphatic rings. The minimum Gasteiger partial charge on any atom is -0.369 e. The van der Waals surface area contributed by atoms with Gasteiger partial charge in [0.2, 0.25) is 11.8 Å². The quantitative estimate of drug-likeness (QED) is 0.476. The average molecular weight is 318 g/mol. The molecule has 0 spiro atoms. The van der Waals surface area contributed by atoms with Gasteiger partial charge in [-0.15, -0.1) is 0 Å². The van der Waals surface area contributed by atoms with E-state index in [0.717, 1.165) is 0 Å². The van der Waals surface area contributed by atoms with E-state index in [9.17, 15) is 9.59 Å². The fourth-order valence-corrected chi connectivity index (χ4v) is 2.32. The summed E-state index contributed by atoms with van der Waals surface area (Å²) in [5, 5.41) is 0. The highest BCUT2D eigenvalue weighted by Gasteiger charge is 2.34. The first-order valence-electron chi connectivity index (χ1n) is 4.80. The molecule has 0 radical (unpaired) electrons. The van der Waals surface area contributed by atoms with Gasteiger partial charge in [-0.25, -0.2) is 0 Å². The first-order chi connectivity index (χ1) is 7.81. The van der Waals surface area contributed by atoms with E-state index in [0.29, 0.717) is 24.8 Å². The van der Waals surface area contributed by atoms with Gasteiger partial charge in [0.25, 0.3) is 3.12 Å². The molecule has 96 valence electrons. The summed E-state index contributed by atoms with van der Waals surface area (Å²) in [5.41, 5.74) is 5.24. The molecule has 0 heterocycles. The lowest BCUT2D eigenvalue weighted by atomic mass is 9.82. The Hall–Kier alpha value is -0.100. The van der Waals surface area contributed by atoms with Crippen LogP contribution in [0.1, 0.15) is 12.8 Å². The number of nitrogens with one attached hydrogen (secondary N) is 1. The third kappa shape index (κ3) is 4.95. The van der Waals surface area contributed by atoms with Crippen LogP contribution in [0.4, 0.5) is 0 Å². The van der Waals surface area contributed by atoms with Gasteiger partial charge in [-0.2, -0.15) is 0 Å². The molecule has 0 aliphatic heterocycles. The van der Waals surface area contributed by atoms with E-state index in [2.05, 4.69) is 4.72 Å². The van der Waals surface area contributed by atoms with E-state index in [1.807, 2.05) is 12.2 Å². The van der Waals surface area contributed by atoms with Gasteiger partial charge in [0.05, 0.1) is 11.8 Å². The highest BCUT2D eigenvalue weighted by atomic mass is 35.6. The number of allylic oxidation sites excluding steroid dienone is 2. The van der Waals surface area contributed by atoms with Crippen molar-refractivity contribution in [2.75, 3.05) is 0 Å². The van der Waals surface area contributed by atoms with Gasteiger partial charge >= 0.3 is 0 Å². The summed E-state index contributed by atoms with van der Waals surface area (Å²) in [6.45, 7) is 0. The Labute approximate surface area is 118 Å². The Morgan fingerprint density at radius 2 is 1.76 bits per heavy atom. The van der Waals surface area contributed by atoms with Gasteiger partial charge in [-0.3, -0.25) is 14.3 Å². The van der Waals surface area contributed by atoms with E-state index in [4.69, 9.17) is 40.5 Å². The molecule has 2 atom stereocenters. The van der Waals surface area contributed by atoms with Gasteiger partial charge < -0.3 is 5.73 Å². The second kappa shape index (κ2) is 6.18. The van der Waals surface area contributed by atoms with Crippen LogP contribution < -0.4 is 10.5 Å². The van der Waals surface area contributed by atoms with Crippen LogP contribution in [-0.4, -0.2) is 14.9 Å². The number of alkyl halides is 3. The van der Waals surface area contributed by atoms with Crippen molar-refractivity contribution in [3.05, 3.63) is 12.2 Å². The number of hydrogen-bond donors (Lipinski definition) is 2. The maximum absolute atomic E-state index is 11.8. The molecule has 3 N–H and O–H groups in total. The number of rotatable bonds is 3. The van der Waals surface area contributed by atoms with Crippen molar-refractivity contribution in [3.8, 4) is 0 Å². The van der Waals surface area contributed by atoms with Crippen LogP contribution in [-0.2, 0) is 9.59 Å². The molecule has 4 nitrogen and oxygen atoms in total. The molecule has 1 aliphatic carbocycles. The van der Waals surface area contributed by atoms with E-state index in [-0.39, 0.29) is 5.91 Å². The molecule has 8 heteroatoms. The summed E-state index contributed by atoms with van der Waals surface area (Å²) in [5.74, 6) is -1.85. The standard InChI is InChI=1S/C9H11Cl3N2O2S/c10-9(11,12)17-14-8(16)6-4-2-1-3-5(6)7(13)15/h1-2,5-6H,3-4H2,(H2,13,15)(H,14,16). The lowest BCUT2D eigenvalue weighted by molar-refractivity contribution is -0.132. The van der Waals surface area contributed by atoms with Gasteiger partial charge in [0.15, 0.2) is 0 Å². The summed E-state index contributed by atoms with van der Waals surface area (Å²) in [6.07, 6.45) is 4.59. The average Bonchev–Trinajstić information content (AvgIpc) is 2.25. The van der Waals surface area contributed by atoms with E-state index < -0.39 is 20.9 Å². The van der Waals surface area contributed by atoms with Crippen LogP contribution in [0.25, 0.3) is 0 Å². The molecular weight excluding hydrogens is 307 g/mol. The summed E-state index contributed by atoms with van der Waals surface area (Å²) in [6, 6.07) is 0. The third-order valence-corrected chi connectivity index (χ3v) is 3.63. The van der Waals surface area contributed by atoms with Crippen molar-refractivity contribution >= 4 is 58.6 Å². The maximum Gasteiger partial charge on any atom is 0.256 e. The number of primary amides is 1. The second-order valence-corrected chi connectivity index (χ2v) is 7.55. The van der Waals surface area contributed by atoms with Crippen LogP contribution >= 0.6 is 46.8 Å². The van der Waals surface area contributed by atoms with E-state index in [1.54, 1.807) is 0 Å². The van der Waals surface area contributed by atoms with Crippen molar-refractivity contribution in [1.29, 1.82) is 0 Å². The number of nitrogens with two attached hydrogens (primary N) is 1. The SMILES string of the molecule is NC(=O)C1CC=CCC1C(=O)NSC(Cl)(Cl)Cl. The Morgan fingerprint density at radius 1 is 1.24 bits per heavy atom. The molecule has 2 unspecified atom stereocenters. The van der Waals surface area contributed by atoms with Gasteiger partial charge in [0, 0.05) is 11.9 Å². The first-order valence-corrected chi connectivity index (χ1v) is 6.75. The Bertz CT molecular complexity index is 344. The second-order valence-electron chi connectivity index (χ2n) is 3.57. The highest BCUT2D eigenvalue weighted by molar-refractivity contribution is 8.03. The van der Waals surface area contributed by atoms with Gasteiger partial charge in [-0.05, 0) is 12.8 Å². The fourth-order valence-electron chi connectivity index (χ4n) is 1.60. The summed E-state index contributed by atoms with van der Waals surface area (Å²) in [4.78, 5) is 23.0. The molecule has 0 saturated heterocycles. The van der Waals surface area contributed by atoms with E-state index in [1.165, 1.54) is 0 Å². The molecular formula is C9H11Cl3N2O2S. The van der Waals surface area contributed by atoms with Crippen molar-refractivity contribution in [2.24, 2.45) is 17.6 Å². The van der Waals surface area contributed by atoms with Crippen LogP contribution in [0.2, 0.25) is 0 Å². The molecule has 0 aromatic rings. The minimum atomic E-state index is -1.62. The van der Waals surface area contributed by atoms with Crippen LogP contribution in [0, 0.1) is 11.8 Å². The first kappa shape index (κ1) is 15.0. The smallest absolute Gasteiger partial charge is 0.256 e. The van der Waals surface area contributed by atoms with Crippen LogP contribution in [0.3, 0.4) is 0 Å². The largest absolute Gasteiger partial charge is 0.369 e. The highest BCUT2D eigenvalue weighted by Crippen LogP contribution is 2.37.